The summed E-state index contributed by atoms with van der Waals surface area (Å²) in [5.74, 6) is 0.825. The molecule has 0 aliphatic carbocycles. The third-order valence-corrected chi connectivity index (χ3v) is 5.22. The van der Waals surface area contributed by atoms with Gasteiger partial charge in [0, 0.05) is 23.5 Å². The predicted molar refractivity (Wildman–Crippen MR) is 109 cm³/mol. The van der Waals surface area contributed by atoms with Crippen molar-refractivity contribution in [2.45, 2.75) is 32.0 Å². The minimum atomic E-state index is -0.120. The summed E-state index contributed by atoms with van der Waals surface area (Å²) in [4.78, 5) is 16.6. The summed E-state index contributed by atoms with van der Waals surface area (Å²) in [6, 6.07) is 11.1. The topological polar surface area (TPSA) is 72.7 Å². The summed E-state index contributed by atoms with van der Waals surface area (Å²) >= 11 is 7.46. The number of halogens is 1. The Morgan fingerprint density at radius 2 is 2.11 bits per heavy atom. The third-order valence-electron chi connectivity index (χ3n) is 3.85. The summed E-state index contributed by atoms with van der Waals surface area (Å²) in [6.45, 7) is 4.77. The SMILES string of the molecule is CCCn1c(SCC(=O)Nc2ccc(C)c(Cl)c2)nnc1-c1ccccn1. The van der Waals surface area contributed by atoms with Crippen LogP contribution in [0.15, 0.2) is 47.8 Å². The van der Waals surface area contributed by atoms with E-state index in [4.69, 9.17) is 11.6 Å². The van der Waals surface area contributed by atoms with Crippen LogP contribution in [0.1, 0.15) is 18.9 Å². The van der Waals surface area contributed by atoms with Gasteiger partial charge in [-0.3, -0.25) is 9.78 Å². The zero-order valence-electron chi connectivity index (χ0n) is 15.1. The van der Waals surface area contributed by atoms with Crippen molar-refractivity contribution in [3.8, 4) is 11.5 Å². The average molecular weight is 402 g/mol. The van der Waals surface area contributed by atoms with E-state index in [0.717, 1.165) is 24.2 Å². The first-order valence-electron chi connectivity index (χ1n) is 8.62. The number of nitrogens with one attached hydrogen (secondary N) is 1. The van der Waals surface area contributed by atoms with Gasteiger partial charge in [-0.05, 0) is 43.2 Å². The summed E-state index contributed by atoms with van der Waals surface area (Å²) < 4.78 is 2.00. The maximum absolute atomic E-state index is 12.3. The molecule has 6 nitrogen and oxygen atoms in total. The van der Waals surface area contributed by atoms with E-state index in [0.29, 0.717) is 21.7 Å². The lowest BCUT2D eigenvalue weighted by molar-refractivity contribution is -0.113. The molecule has 2 aromatic heterocycles. The first-order valence-corrected chi connectivity index (χ1v) is 9.98. The highest BCUT2D eigenvalue weighted by Crippen LogP contribution is 2.24. The Hall–Kier alpha value is -2.38. The molecular formula is C19H20ClN5OS. The van der Waals surface area contributed by atoms with Gasteiger partial charge in [-0.2, -0.15) is 0 Å². The van der Waals surface area contributed by atoms with Crippen LogP contribution in [0.4, 0.5) is 5.69 Å². The van der Waals surface area contributed by atoms with Crippen LogP contribution >= 0.6 is 23.4 Å². The molecule has 0 fully saturated rings. The molecule has 0 unspecified atom stereocenters. The van der Waals surface area contributed by atoms with E-state index < -0.39 is 0 Å². The number of amides is 1. The highest BCUT2D eigenvalue weighted by atomic mass is 35.5. The second-order valence-electron chi connectivity index (χ2n) is 5.97. The Labute approximate surface area is 167 Å². The number of nitrogens with zero attached hydrogens (tertiary/aromatic N) is 4. The fraction of sp³-hybridized carbons (Fsp3) is 0.263. The van der Waals surface area contributed by atoms with Crippen LogP contribution in [0.2, 0.25) is 5.02 Å². The normalized spacial score (nSPS) is 10.8. The molecule has 0 aliphatic rings. The van der Waals surface area contributed by atoms with Gasteiger partial charge >= 0.3 is 0 Å². The Morgan fingerprint density at radius 3 is 2.81 bits per heavy atom. The lowest BCUT2D eigenvalue weighted by Crippen LogP contribution is -2.14. The number of aromatic nitrogens is 4. The monoisotopic (exact) mass is 401 g/mol. The van der Waals surface area contributed by atoms with Gasteiger partial charge in [-0.15, -0.1) is 10.2 Å². The van der Waals surface area contributed by atoms with Crippen LogP contribution in [0.3, 0.4) is 0 Å². The molecule has 140 valence electrons. The number of benzene rings is 1. The Morgan fingerprint density at radius 1 is 1.26 bits per heavy atom. The van der Waals surface area contributed by atoms with Crippen molar-refractivity contribution < 1.29 is 4.79 Å². The molecule has 0 radical (unpaired) electrons. The maximum Gasteiger partial charge on any atom is 0.234 e. The van der Waals surface area contributed by atoms with Gasteiger partial charge in [0.1, 0.15) is 5.69 Å². The fourth-order valence-corrected chi connectivity index (χ4v) is 3.45. The number of hydrogen-bond acceptors (Lipinski definition) is 5. The van der Waals surface area contributed by atoms with Crippen LogP contribution in [0, 0.1) is 6.92 Å². The molecule has 1 N–H and O–H groups in total. The number of rotatable bonds is 7. The largest absolute Gasteiger partial charge is 0.325 e. The van der Waals surface area contributed by atoms with Crippen molar-refractivity contribution in [2.24, 2.45) is 0 Å². The average Bonchev–Trinajstić information content (AvgIpc) is 3.07. The van der Waals surface area contributed by atoms with Gasteiger partial charge < -0.3 is 9.88 Å². The quantitative estimate of drug-likeness (QED) is 0.592. The molecule has 1 aromatic carbocycles. The van der Waals surface area contributed by atoms with E-state index in [1.807, 2.05) is 41.8 Å². The van der Waals surface area contributed by atoms with Gasteiger partial charge in [0.2, 0.25) is 5.91 Å². The molecular weight excluding hydrogens is 382 g/mol. The second kappa shape index (κ2) is 9.01. The van der Waals surface area contributed by atoms with Crippen LogP contribution < -0.4 is 5.32 Å². The molecule has 8 heteroatoms. The van der Waals surface area contributed by atoms with Gasteiger partial charge in [0.25, 0.3) is 0 Å². The molecule has 3 aromatic rings. The zero-order valence-corrected chi connectivity index (χ0v) is 16.7. The number of anilines is 1. The number of thioether (sulfide) groups is 1. The van der Waals surface area contributed by atoms with E-state index in [-0.39, 0.29) is 11.7 Å². The highest BCUT2D eigenvalue weighted by molar-refractivity contribution is 7.99. The van der Waals surface area contributed by atoms with Gasteiger partial charge in [0.15, 0.2) is 11.0 Å². The van der Waals surface area contributed by atoms with Crippen molar-refractivity contribution >= 4 is 35.0 Å². The number of carbonyl (C=O) groups excluding carboxylic acids is 1. The van der Waals surface area contributed by atoms with E-state index >= 15 is 0 Å². The van der Waals surface area contributed by atoms with Gasteiger partial charge in [0.05, 0.1) is 5.75 Å². The van der Waals surface area contributed by atoms with Crippen molar-refractivity contribution in [1.29, 1.82) is 0 Å². The molecule has 3 rings (SSSR count). The number of hydrogen-bond donors (Lipinski definition) is 1. The van der Waals surface area contributed by atoms with Crippen LogP contribution in [-0.2, 0) is 11.3 Å². The van der Waals surface area contributed by atoms with E-state index in [1.165, 1.54) is 11.8 Å². The third kappa shape index (κ3) is 4.87. The van der Waals surface area contributed by atoms with Crippen LogP contribution in [0.25, 0.3) is 11.5 Å². The maximum atomic E-state index is 12.3. The summed E-state index contributed by atoms with van der Waals surface area (Å²) in [7, 11) is 0. The summed E-state index contributed by atoms with van der Waals surface area (Å²) in [6.07, 6.45) is 2.66. The van der Waals surface area contributed by atoms with Crippen molar-refractivity contribution in [3.63, 3.8) is 0 Å². The predicted octanol–water partition coefficient (Wildman–Crippen LogP) is 4.44. The second-order valence-corrected chi connectivity index (χ2v) is 7.32. The molecule has 0 atom stereocenters. The fourth-order valence-electron chi connectivity index (χ4n) is 2.50. The van der Waals surface area contributed by atoms with E-state index in [9.17, 15) is 4.79 Å². The number of pyridine rings is 1. The molecule has 0 aliphatic heterocycles. The zero-order chi connectivity index (χ0) is 19.2. The van der Waals surface area contributed by atoms with Crippen molar-refractivity contribution in [1.82, 2.24) is 19.7 Å². The smallest absolute Gasteiger partial charge is 0.234 e. The minimum absolute atomic E-state index is 0.120. The molecule has 27 heavy (non-hydrogen) atoms. The first kappa shape index (κ1) is 19.4. The summed E-state index contributed by atoms with van der Waals surface area (Å²) in [5.41, 5.74) is 2.42. The van der Waals surface area contributed by atoms with Crippen LogP contribution in [0.5, 0.6) is 0 Å². The summed E-state index contributed by atoms with van der Waals surface area (Å²) in [5, 5.41) is 12.7. The number of carbonyl (C=O) groups is 1. The standard InChI is InChI=1S/C19H20ClN5OS/c1-3-10-25-18(16-6-4-5-9-21-16)23-24-19(25)27-12-17(26)22-14-8-7-13(2)15(20)11-14/h4-9,11H,3,10,12H2,1-2H3,(H,22,26). The Bertz CT molecular complexity index is 929. The van der Waals surface area contributed by atoms with E-state index in [1.54, 1.807) is 12.3 Å². The molecule has 2 heterocycles. The number of aryl methyl sites for hydroxylation is 1. The first-order chi connectivity index (χ1) is 13.1. The molecule has 0 saturated carbocycles. The van der Waals surface area contributed by atoms with Crippen molar-refractivity contribution in [3.05, 3.63) is 53.2 Å². The molecule has 0 saturated heterocycles. The van der Waals surface area contributed by atoms with Gasteiger partial charge in [-0.25, -0.2) is 0 Å². The Balaban J connectivity index is 1.69. The molecule has 0 spiro atoms. The Kier molecular flexibility index (Phi) is 6.47. The lowest BCUT2D eigenvalue weighted by atomic mass is 10.2. The highest BCUT2D eigenvalue weighted by Gasteiger charge is 2.16. The van der Waals surface area contributed by atoms with E-state index in [2.05, 4.69) is 27.4 Å². The molecule has 0 bridgehead atoms. The minimum Gasteiger partial charge on any atom is -0.325 e. The van der Waals surface area contributed by atoms with Crippen LogP contribution in [-0.4, -0.2) is 31.4 Å². The van der Waals surface area contributed by atoms with Crippen molar-refractivity contribution in [2.75, 3.05) is 11.1 Å². The molecule has 1 amide bonds. The lowest BCUT2D eigenvalue weighted by Gasteiger charge is -2.09. The van der Waals surface area contributed by atoms with Gasteiger partial charge in [-0.1, -0.05) is 42.4 Å².